The fraction of sp³-hybridized carbons (Fsp3) is 0.500. The number of carbonyl (C=O) groups excluding carboxylic acids is 2. The predicted molar refractivity (Wildman–Crippen MR) is 94.7 cm³/mol. The van der Waals surface area contributed by atoms with E-state index in [-0.39, 0.29) is 10.8 Å². The molecule has 0 aliphatic carbocycles. The number of benzene rings is 1. The number of hydrogen-bond donors (Lipinski definition) is 1. The van der Waals surface area contributed by atoms with Crippen LogP contribution < -0.4 is 5.32 Å². The zero-order valence-electron chi connectivity index (χ0n) is 14.7. The highest BCUT2D eigenvalue weighted by atomic mass is 35.5. The number of hydrogen-bond acceptors (Lipinski definition) is 5. The van der Waals surface area contributed by atoms with Crippen molar-refractivity contribution in [3.05, 3.63) is 29.3 Å². The number of nitrogens with zero attached hydrogens (tertiary/aromatic N) is 1. The minimum Gasteiger partial charge on any atom is -0.452 e. The lowest BCUT2D eigenvalue weighted by Crippen LogP contribution is -2.40. The maximum Gasteiger partial charge on any atom is 0.322 e. The molecule has 0 heterocycles. The van der Waals surface area contributed by atoms with Crippen LogP contribution in [0, 0.1) is 5.92 Å². The second-order valence-electron chi connectivity index (χ2n) is 5.99. The maximum absolute atomic E-state index is 12.4. The van der Waals surface area contributed by atoms with E-state index in [0.717, 1.165) is 4.31 Å². The van der Waals surface area contributed by atoms with Gasteiger partial charge in [-0.05, 0) is 37.1 Å². The zero-order valence-corrected chi connectivity index (χ0v) is 16.2. The van der Waals surface area contributed by atoms with E-state index >= 15 is 0 Å². The molecule has 1 N–H and O–H groups in total. The molecule has 1 atom stereocenters. The van der Waals surface area contributed by atoms with E-state index in [9.17, 15) is 18.0 Å². The molecule has 25 heavy (non-hydrogen) atoms. The van der Waals surface area contributed by atoms with Gasteiger partial charge in [0.1, 0.15) is 6.54 Å². The molecule has 7 nitrogen and oxygen atoms in total. The van der Waals surface area contributed by atoms with Crippen molar-refractivity contribution in [2.45, 2.75) is 31.8 Å². The number of amides is 1. The van der Waals surface area contributed by atoms with Crippen LogP contribution in [0.3, 0.4) is 0 Å². The van der Waals surface area contributed by atoms with Crippen LogP contribution in [0.2, 0.25) is 5.02 Å². The van der Waals surface area contributed by atoms with Gasteiger partial charge >= 0.3 is 5.97 Å². The summed E-state index contributed by atoms with van der Waals surface area (Å²) < 4.78 is 30.6. The van der Waals surface area contributed by atoms with Crippen LogP contribution in [-0.2, 0) is 24.3 Å². The average Bonchev–Trinajstić information content (AvgIpc) is 2.52. The number of nitrogens with one attached hydrogen (secondary N) is 1. The highest BCUT2D eigenvalue weighted by molar-refractivity contribution is 7.89. The van der Waals surface area contributed by atoms with E-state index in [4.69, 9.17) is 16.3 Å². The lowest BCUT2D eigenvalue weighted by Gasteiger charge is -2.19. The first kappa shape index (κ1) is 21.4. The van der Waals surface area contributed by atoms with Gasteiger partial charge in [-0.2, -0.15) is 4.31 Å². The zero-order chi connectivity index (χ0) is 19.2. The fourth-order valence-corrected chi connectivity index (χ4v) is 3.03. The summed E-state index contributed by atoms with van der Waals surface area (Å²) in [5.41, 5.74) is 0. The van der Waals surface area contributed by atoms with E-state index in [2.05, 4.69) is 5.32 Å². The number of carbonyl (C=O) groups is 2. The van der Waals surface area contributed by atoms with Crippen LogP contribution in [0.15, 0.2) is 29.2 Å². The Hall–Kier alpha value is -1.64. The van der Waals surface area contributed by atoms with Crippen molar-refractivity contribution in [3.63, 3.8) is 0 Å². The molecule has 0 radical (unpaired) electrons. The summed E-state index contributed by atoms with van der Waals surface area (Å²) in [6.45, 7) is 5.26. The van der Waals surface area contributed by atoms with Gasteiger partial charge in [0.05, 0.1) is 4.90 Å². The first-order chi connectivity index (χ1) is 11.5. The summed E-state index contributed by atoms with van der Waals surface area (Å²) in [5.74, 6) is -0.972. The van der Waals surface area contributed by atoms with Crippen molar-refractivity contribution in [2.75, 3.05) is 20.1 Å². The Morgan fingerprint density at radius 1 is 1.20 bits per heavy atom. The molecule has 1 amide bonds. The van der Waals surface area contributed by atoms with Gasteiger partial charge in [-0.1, -0.05) is 25.4 Å². The first-order valence-corrected chi connectivity index (χ1v) is 9.55. The number of rotatable bonds is 8. The van der Waals surface area contributed by atoms with E-state index in [1.807, 2.05) is 13.8 Å². The third-order valence-electron chi connectivity index (χ3n) is 3.24. The molecule has 0 fully saturated rings. The van der Waals surface area contributed by atoms with Crippen LogP contribution in [0.25, 0.3) is 0 Å². The third kappa shape index (κ3) is 6.64. The smallest absolute Gasteiger partial charge is 0.322 e. The molecule has 9 heteroatoms. The molecular formula is C16H23ClN2O5S. The van der Waals surface area contributed by atoms with Gasteiger partial charge in [-0.25, -0.2) is 8.42 Å². The van der Waals surface area contributed by atoms with Crippen LogP contribution in [0.5, 0.6) is 0 Å². The molecule has 0 saturated heterocycles. The Morgan fingerprint density at radius 2 is 1.76 bits per heavy atom. The monoisotopic (exact) mass is 390 g/mol. The largest absolute Gasteiger partial charge is 0.452 e. The molecule has 0 aromatic heterocycles. The predicted octanol–water partition coefficient (Wildman–Crippen LogP) is 1.66. The Labute approximate surface area is 153 Å². The van der Waals surface area contributed by atoms with Crippen molar-refractivity contribution in [3.8, 4) is 0 Å². The number of ether oxygens (including phenoxy) is 1. The summed E-state index contributed by atoms with van der Waals surface area (Å²) in [6, 6.07) is 5.59. The molecule has 1 rings (SSSR count). The van der Waals surface area contributed by atoms with E-state index in [0.29, 0.717) is 11.6 Å². The summed E-state index contributed by atoms with van der Waals surface area (Å²) in [4.78, 5) is 23.7. The summed E-state index contributed by atoms with van der Waals surface area (Å²) in [6.07, 6.45) is -1.00. The molecular weight excluding hydrogens is 368 g/mol. The molecule has 0 aliphatic heterocycles. The Bertz CT molecular complexity index is 704. The Morgan fingerprint density at radius 3 is 2.28 bits per heavy atom. The Balaban J connectivity index is 2.63. The van der Waals surface area contributed by atoms with Gasteiger partial charge in [0, 0.05) is 18.6 Å². The summed E-state index contributed by atoms with van der Waals surface area (Å²) >= 11 is 5.74. The number of sulfonamides is 1. The minimum absolute atomic E-state index is 0.00919. The molecule has 0 bridgehead atoms. The van der Waals surface area contributed by atoms with Crippen molar-refractivity contribution < 1.29 is 22.7 Å². The van der Waals surface area contributed by atoms with Gasteiger partial charge in [0.25, 0.3) is 5.91 Å². The highest BCUT2D eigenvalue weighted by Gasteiger charge is 2.25. The van der Waals surface area contributed by atoms with Crippen molar-refractivity contribution in [2.24, 2.45) is 5.92 Å². The SMILES string of the molecule is CC(C)CNC(=O)C(C)OC(=O)CN(C)S(=O)(=O)c1ccc(Cl)cc1. The van der Waals surface area contributed by atoms with Gasteiger partial charge < -0.3 is 10.1 Å². The van der Waals surface area contributed by atoms with Gasteiger partial charge in [-0.3, -0.25) is 9.59 Å². The second kappa shape index (κ2) is 9.17. The highest BCUT2D eigenvalue weighted by Crippen LogP contribution is 2.17. The Kier molecular flexibility index (Phi) is 7.85. The van der Waals surface area contributed by atoms with Crippen LogP contribution in [0.4, 0.5) is 0 Å². The van der Waals surface area contributed by atoms with E-state index in [1.54, 1.807) is 0 Å². The second-order valence-corrected chi connectivity index (χ2v) is 8.47. The average molecular weight is 391 g/mol. The molecule has 0 aliphatic rings. The number of halogens is 1. The molecule has 0 spiro atoms. The van der Waals surface area contributed by atoms with Gasteiger partial charge in [0.15, 0.2) is 6.10 Å². The molecule has 1 unspecified atom stereocenters. The van der Waals surface area contributed by atoms with Crippen molar-refractivity contribution in [1.29, 1.82) is 0 Å². The van der Waals surface area contributed by atoms with Crippen molar-refractivity contribution >= 4 is 33.5 Å². The normalized spacial score (nSPS) is 12.9. The number of likely N-dealkylation sites (N-methyl/N-ethyl adjacent to an activating group) is 1. The van der Waals surface area contributed by atoms with E-state index < -0.39 is 34.5 Å². The fourth-order valence-electron chi connectivity index (χ4n) is 1.79. The molecule has 1 aromatic carbocycles. The number of esters is 1. The van der Waals surface area contributed by atoms with E-state index in [1.165, 1.54) is 38.2 Å². The molecule has 0 saturated carbocycles. The lowest BCUT2D eigenvalue weighted by molar-refractivity contribution is -0.154. The van der Waals surface area contributed by atoms with Gasteiger partial charge in [0.2, 0.25) is 10.0 Å². The van der Waals surface area contributed by atoms with Crippen LogP contribution >= 0.6 is 11.6 Å². The maximum atomic E-state index is 12.4. The third-order valence-corrected chi connectivity index (χ3v) is 5.31. The molecule has 140 valence electrons. The van der Waals surface area contributed by atoms with Gasteiger partial charge in [-0.15, -0.1) is 0 Å². The topological polar surface area (TPSA) is 92.8 Å². The van der Waals surface area contributed by atoms with Crippen LogP contribution in [-0.4, -0.2) is 50.8 Å². The quantitative estimate of drug-likeness (QED) is 0.681. The lowest BCUT2D eigenvalue weighted by atomic mass is 10.2. The standard InChI is InChI=1S/C16H23ClN2O5S/c1-11(2)9-18-16(21)12(3)24-15(20)10-19(4)25(22,23)14-7-5-13(17)6-8-14/h5-8,11-12H,9-10H2,1-4H3,(H,18,21). The first-order valence-electron chi connectivity index (χ1n) is 7.73. The summed E-state index contributed by atoms with van der Waals surface area (Å²) in [7, 11) is -2.60. The minimum atomic E-state index is -3.86. The molecule has 1 aromatic rings. The summed E-state index contributed by atoms with van der Waals surface area (Å²) in [5, 5.41) is 3.05. The van der Waals surface area contributed by atoms with Crippen molar-refractivity contribution in [1.82, 2.24) is 9.62 Å². The van der Waals surface area contributed by atoms with Crippen LogP contribution in [0.1, 0.15) is 20.8 Å².